The zero-order valence-corrected chi connectivity index (χ0v) is 21.3. The number of likely N-dealkylation sites (N-methyl/N-ethyl adjacent to an activating group) is 1. The van der Waals surface area contributed by atoms with Crippen molar-refractivity contribution in [2.75, 3.05) is 18.9 Å². The molecule has 4 aromatic rings. The van der Waals surface area contributed by atoms with Crippen LogP contribution in [0.15, 0.2) is 77.4 Å². The van der Waals surface area contributed by atoms with E-state index < -0.39 is 0 Å². The molecule has 0 saturated carbocycles. The molecular weight excluding hydrogens is 508 g/mol. The van der Waals surface area contributed by atoms with Crippen LogP contribution in [0.5, 0.6) is 0 Å². The Morgan fingerprint density at radius 2 is 1.79 bits per heavy atom. The van der Waals surface area contributed by atoms with Crippen LogP contribution in [0.4, 0.5) is 10.5 Å². The number of anilines is 1. The standard InChI is InChI=1S/C27H25BrN4OS/c1-30-15-13-19-20-16-32(27(33)29-22-11-6-5-10-21(22)28)25(18-8-3-2-4-9-18)23-12-7-14-31(23)26(20)34-24(19)17-30/h2-12,14,25H,13,15-17H2,1H3,(H,29,33)/t25-/m0/s1. The van der Waals surface area contributed by atoms with Crippen molar-refractivity contribution >= 4 is 39.0 Å². The lowest BCUT2D eigenvalue weighted by molar-refractivity contribution is 0.194. The molecule has 34 heavy (non-hydrogen) atoms. The Morgan fingerprint density at radius 1 is 1.00 bits per heavy atom. The number of urea groups is 1. The Hall–Kier alpha value is -2.87. The van der Waals surface area contributed by atoms with Gasteiger partial charge in [0, 0.05) is 34.2 Å². The number of nitrogens with zero attached hydrogens (tertiary/aromatic N) is 3. The molecule has 0 spiro atoms. The average molecular weight is 533 g/mol. The van der Waals surface area contributed by atoms with Gasteiger partial charge in [-0.1, -0.05) is 42.5 Å². The third kappa shape index (κ3) is 3.68. The molecule has 2 aromatic carbocycles. The summed E-state index contributed by atoms with van der Waals surface area (Å²) in [5.41, 5.74) is 5.69. The Bertz CT molecular complexity index is 1360. The lowest BCUT2D eigenvalue weighted by Crippen LogP contribution is -2.38. The van der Waals surface area contributed by atoms with E-state index >= 15 is 0 Å². The third-order valence-corrected chi connectivity index (χ3v) is 8.70. The lowest BCUT2D eigenvalue weighted by atomic mass is 10.0. The molecule has 1 atom stereocenters. The highest BCUT2D eigenvalue weighted by molar-refractivity contribution is 9.10. The number of amides is 2. The summed E-state index contributed by atoms with van der Waals surface area (Å²) in [6, 6.07) is 22.0. The van der Waals surface area contributed by atoms with Gasteiger partial charge in [0.15, 0.2) is 0 Å². The molecule has 0 radical (unpaired) electrons. The Kier molecular flexibility index (Phi) is 5.56. The molecule has 0 unspecified atom stereocenters. The van der Waals surface area contributed by atoms with E-state index in [-0.39, 0.29) is 12.1 Å². The number of hydrogen-bond donors (Lipinski definition) is 1. The van der Waals surface area contributed by atoms with Gasteiger partial charge in [-0.3, -0.25) is 0 Å². The molecule has 2 aliphatic rings. The van der Waals surface area contributed by atoms with Crippen LogP contribution in [-0.4, -0.2) is 34.0 Å². The van der Waals surface area contributed by atoms with E-state index in [2.05, 4.69) is 68.2 Å². The van der Waals surface area contributed by atoms with Crippen molar-refractivity contribution in [3.05, 3.63) is 105 Å². The van der Waals surface area contributed by atoms with E-state index in [9.17, 15) is 4.79 Å². The van der Waals surface area contributed by atoms with Crippen LogP contribution in [0.2, 0.25) is 0 Å². The van der Waals surface area contributed by atoms with Crippen molar-refractivity contribution < 1.29 is 4.79 Å². The summed E-state index contributed by atoms with van der Waals surface area (Å²) in [6.07, 6.45) is 3.16. The molecule has 6 rings (SSSR count). The second kappa shape index (κ2) is 8.73. The minimum atomic E-state index is -0.194. The summed E-state index contributed by atoms with van der Waals surface area (Å²) in [5.74, 6) is 0. The fourth-order valence-corrected chi connectivity index (χ4v) is 6.91. The number of fused-ring (bicyclic) bond motifs is 5. The van der Waals surface area contributed by atoms with Crippen molar-refractivity contribution in [2.24, 2.45) is 0 Å². The number of carbonyl (C=O) groups is 1. The number of hydrogen-bond acceptors (Lipinski definition) is 3. The minimum Gasteiger partial charge on any atom is -0.310 e. The second-order valence-corrected chi connectivity index (χ2v) is 10.9. The molecule has 0 fully saturated rings. The molecule has 5 nitrogen and oxygen atoms in total. The zero-order valence-electron chi connectivity index (χ0n) is 18.9. The van der Waals surface area contributed by atoms with Crippen LogP contribution < -0.4 is 5.32 Å². The lowest BCUT2D eigenvalue weighted by Gasteiger charge is -2.32. The number of aromatic nitrogens is 1. The SMILES string of the molecule is CN1CCc2c(sc3c2CN(C(=O)Nc2ccccc2Br)[C@@H](c2ccccc2)c2cccn2-3)C1. The topological polar surface area (TPSA) is 40.5 Å². The van der Waals surface area contributed by atoms with Crippen LogP contribution in [0.1, 0.15) is 33.3 Å². The van der Waals surface area contributed by atoms with Crippen LogP contribution in [0.3, 0.4) is 0 Å². The van der Waals surface area contributed by atoms with Crippen LogP contribution in [-0.2, 0) is 19.5 Å². The van der Waals surface area contributed by atoms with Gasteiger partial charge in [-0.15, -0.1) is 11.3 Å². The summed E-state index contributed by atoms with van der Waals surface area (Å²) in [5, 5.41) is 4.41. The highest BCUT2D eigenvalue weighted by Gasteiger charge is 2.36. The maximum absolute atomic E-state index is 13.9. The van der Waals surface area contributed by atoms with Gasteiger partial charge in [-0.2, -0.15) is 0 Å². The fourth-order valence-electron chi connectivity index (χ4n) is 5.09. The van der Waals surface area contributed by atoms with Gasteiger partial charge in [-0.25, -0.2) is 4.79 Å². The Morgan fingerprint density at radius 3 is 2.62 bits per heavy atom. The monoisotopic (exact) mass is 532 g/mol. The fraction of sp³-hybridized carbons (Fsp3) is 0.222. The van der Waals surface area contributed by atoms with Gasteiger partial charge < -0.3 is 19.7 Å². The van der Waals surface area contributed by atoms with Gasteiger partial charge in [-0.05, 0) is 64.8 Å². The quantitative estimate of drug-likeness (QED) is 0.323. The highest BCUT2D eigenvalue weighted by atomic mass is 79.9. The summed E-state index contributed by atoms with van der Waals surface area (Å²) < 4.78 is 3.18. The average Bonchev–Trinajstić information content (AvgIpc) is 3.42. The maximum atomic E-state index is 13.9. The number of para-hydroxylation sites is 1. The van der Waals surface area contributed by atoms with Crippen molar-refractivity contribution in [1.82, 2.24) is 14.4 Å². The molecule has 172 valence electrons. The molecule has 0 saturated heterocycles. The Labute approximate surface area is 211 Å². The van der Waals surface area contributed by atoms with Crippen LogP contribution in [0.25, 0.3) is 5.00 Å². The van der Waals surface area contributed by atoms with E-state index in [0.717, 1.165) is 40.9 Å². The van der Waals surface area contributed by atoms with Crippen molar-refractivity contribution in [3.63, 3.8) is 0 Å². The highest BCUT2D eigenvalue weighted by Crippen LogP contribution is 2.43. The van der Waals surface area contributed by atoms with Gasteiger partial charge in [0.25, 0.3) is 0 Å². The van der Waals surface area contributed by atoms with Crippen molar-refractivity contribution in [1.29, 1.82) is 0 Å². The predicted octanol–water partition coefficient (Wildman–Crippen LogP) is 6.43. The largest absolute Gasteiger partial charge is 0.323 e. The third-order valence-electron chi connectivity index (χ3n) is 6.75. The molecule has 7 heteroatoms. The smallest absolute Gasteiger partial charge is 0.310 e. The first-order valence-electron chi connectivity index (χ1n) is 11.5. The van der Waals surface area contributed by atoms with E-state index in [4.69, 9.17) is 0 Å². The number of halogens is 1. The molecule has 2 amide bonds. The van der Waals surface area contributed by atoms with Crippen LogP contribution >= 0.6 is 27.3 Å². The number of rotatable bonds is 2. The van der Waals surface area contributed by atoms with Crippen LogP contribution in [0, 0.1) is 0 Å². The molecule has 0 aliphatic carbocycles. The molecule has 2 aliphatic heterocycles. The van der Waals surface area contributed by atoms with E-state index in [1.54, 1.807) is 0 Å². The number of benzene rings is 2. The first-order chi connectivity index (χ1) is 16.6. The van der Waals surface area contributed by atoms with Gasteiger partial charge in [0.1, 0.15) is 5.00 Å². The number of thiophene rings is 1. The molecular formula is C27H25BrN4OS. The summed E-state index contributed by atoms with van der Waals surface area (Å²) in [4.78, 5) is 19.7. The molecule has 2 aromatic heterocycles. The summed E-state index contributed by atoms with van der Waals surface area (Å²) in [6.45, 7) is 2.58. The molecule has 1 N–H and O–H groups in total. The van der Waals surface area contributed by atoms with E-state index in [1.165, 1.54) is 21.0 Å². The van der Waals surface area contributed by atoms with Gasteiger partial charge >= 0.3 is 6.03 Å². The normalized spacial score (nSPS) is 17.5. The first kappa shape index (κ1) is 21.6. The molecule has 0 bridgehead atoms. The zero-order chi connectivity index (χ0) is 23.2. The van der Waals surface area contributed by atoms with Gasteiger partial charge in [0.2, 0.25) is 0 Å². The predicted molar refractivity (Wildman–Crippen MR) is 141 cm³/mol. The van der Waals surface area contributed by atoms with E-state index in [1.807, 2.05) is 58.7 Å². The van der Waals surface area contributed by atoms with Gasteiger partial charge in [0.05, 0.1) is 24.0 Å². The first-order valence-corrected chi connectivity index (χ1v) is 13.1. The maximum Gasteiger partial charge on any atom is 0.323 e. The number of nitrogens with one attached hydrogen (secondary N) is 1. The summed E-state index contributed by atoms with van der Waals surface area (Å²) in [7, 11) is 2.18. The molecule has 4 heterocycles. The van der Waals surface area contributed by atoms with Crippen molar-refractivity contribution in [3.8, 4) is 5.00 Å². The minimum absolute atomic E-state index is 0.103. The van der Waals surface area contributed by atoms with Crippen molar-refractivity contribution in [2.45, 2.75) is 25.6 Å². The second-order valence-electron chi connectivity index (χ2n) is 8.93. The Balaban J connectivity index is 1.50. The summed E-state index contributed by atoms with van der Waals surface area (Å²) >= 11 is 5.45. The van der Waals surface area contributed by atoms with E-state index in [0.29, 0.717) is 6.54 Å². The number of carbonyl (C=O) groups excluding carboxylic acids is 1.